The molecule has 0 aliphatic rings. The van der Waals surface area contributed by atoms with E-state index in [0.717, 1.165) is 11.4 Å². The van der Waals surface area contributed by atoms with Gasteiger partial charge in [0.05, 0.1) is 11.3 Å². The van der Waals surface area contributed by atoms with Crippen molar-refractivity contribution in [2.75, 3.05) is 11.9 Å². The molecular formula is C19H20N4O. The molecule has 1 atom stereocenters. The van der Waals surface area contributed by atoms with Crippen LogP contribution in [0.15, 0.2) is 73.1 Å². The molecule has 0 saturated carbocycles. The third-order valence-corrected chi connectivity index (χ3v) is 3.66. The average Bonchev–Trinajstić information content (AvgIpc) is 3.15. The lowest BCUT2D eigenvalue weighted by Crippen LogP contribution is -2.35. The van der Waals surface area contributed by atoms with Crippen molar-refractivity contribution in [3.63, 3.8) is 0 Å². The second-order valence-corrected chi connectivity index (χ2v) is 5.59. The normalized spacial score (nSPS) is 11.7. The maximum absolute atomic E-state index is 12.5. The number of hydrogen-bond acceptors (Lipinski definition) is 3. The topological polar surface area (TPSA) is 59.0 Å². The molecule has 2 N–H and O–H groups in total. The largest absolute Gasteiger partial charge is 0.381 e. The Morgan fingerprint density at radius 3 is 2.58 bits per heavy atom. The fraction of sp³-hybridized carbons (Fsp3) is 0.158. The van der Waals surface area contributed by atoms with Crippen LogP contribution < -0.4 is 10.6 Å². The fourth-order valence-electron chi connectivity index (χ4n) is 2.49. The number of anilines is 1. The Morgan fingerprint density at radius 2 is 1.83 bits per heavy atom. The van der Waals surface area contributed by atoms with Crippen molar-refractivity contribution >= 4 is 11.6 Å². The first-order valence-electron chi connectivity index (χ1n) is 7.93. The maximum Gasteiger partial charge on any atom is 0.253 e. The molecule has 0 radical (unpaired) electrons. The van der Waals surface area contributed by atoms with Gasteiger partial charge in [0, 0.05) is 30.7 Å². The van der Waals surface area contributed by atoms with Gasteiger partial charge >= 0.3 is 0 Å². The molecule has 0 fully saturated rings. The van der Waals surface area contributed by atoms with Crippen LogP contribution in [0.2, 0.25) is 0 Å². The summed E-state index contributed by atoms with van der Waals surface area (Å²) in [4.78, 5) is 12.5. The standard InChI is InChI=1S/C19H20N4O/c1-15(22-16-8-3-2-4-9-16)14-20-19(24)17-10-5-6-11-18(17)23-13-7-12-21-23/h2-13,15,22H,14H2,1H3,(H,20,24)/t15-/m0/s1. The van der Waals surface area contributed by atoms with E-state index < -0.39 is 0 Å². The number of carbonyl (C=O) groups excluding carboxylic acids is 1. The molecule has 5 heteroatoms. The lowest BCUT2D eigenvalue weighted by molar-refractivity contribution is 0.0952. The molecule has 122 valence electrons. The molecule has 1 amide bonds. The predicted octanol–water partition coefficient (Wildman–Crippen LogP) is 3.10. The minimum Gasteiger partial charge on any atom is -0.381 e. The molecule has 1 heterocycles. The van der Waals surface area contributed by atoms with Gasteiger partial charge in [-0.2, -0.15) is 5.10 Å². The molecule has 1 aromatic heterocycles. The molecule has 0 bridgehead atoms. The van der Waals surface area contributed by atoms with Crippen LogP contribution in [0.4, 0.5) is 5.69 Å². The molecule has 0 unspecified atom stereocenters. The Hall–Kier alpha value is -3.08. The van der Waals surface area contributed by atoms with Crippen LogP contribution in [0.5, 0.6) is 0 Å². The predicted molar refractivity (Wildman–Crippen MR) is 95.4 cm³/mol. The van der Waals surface area contributed by atoms with Gasteiger partial charge in [0.25, 0.3) is 5.91 Å². The first-order valence-corrected chi connectivity index (χ1v) is 7.93. The number of aromatic nitrogens is 2. The molecular weight excluding hydrogens is 300 g/mol. The van der Waals surface area contributed by atoms with Crippen molar-refractivity contribution in [3.8, 4) is 5.69 Å². The van der Waals surface area contributed by atoms with Crippen molar-refractivity contribution < 1.29 is 4.79 Å². The zero-order valence-corrected chi connectivity index (χ0v) is 13.5. The van der Waals surface area contributed by atoms with Crippen LogP contribution in [0, 0.1) is 0 Å². The van der Waals surface area contributed by atoms with Gasteiger partial charge in [0.2, 0.25) is 0 Å². The van der Waals surface area contributed by atoms with E-state index >= 15 is 0 Å². The molecule has 0 saturated heterocycles. The number of rotatable bonds is 6. The van der Waals surface area contributed by atoms with Crippen molar-refractivity contribution in [3.05, 3.63) is 78.6 Å². The summed E-state index contributed by atoms with van der Waals surface area (Å²) in [6, 6.07) is 19.3. The Balaban J connectivity index is 1.64. The van der Waals surface area contributed by atoms with Gasteiger partial charge in [-0.3, -0.25) is 4.79 Å². The maximum atomic E-state index is 12.5. The van der Waals surface area contributed by atoms with Crippen LogP contribution in [-0.2, 0) is 0 Å². The van der Waals surface area contributed by atoms with E-state index in [1.165, 1.54) is 0 Å². The van der Waals surface area contributed by atoms with E-state index in [-0.39, 0.29) is 11.9 Å². The highest BCUT2D eigenvalue weighted by atomic mass is 16.1. The second-order valence-electron chi connectivity index (χ2n) is 5.59. The van der Waals surface area contributed by atoms with Gasteiger partial charge in [0.1, 0.15) is 0 Å². The summed E-state index contributed by atoms with van der Waals surface area (Å²) < 4.78 is 1.70. The SMILES string of the molecule is C[C@@H](CNC(=O)c1ccccc1-n1cccn1)Nc1ccccc1. The van der Waals surface area contributed by atoms with Gasteiger partial charge in [0.15, 0.2) is 0 Å². The summed E-state index contributed by atoms with van der Waals surface area (Å²) in [5, 5.41) is 10.5. The third-order valence-electron chi connectivity index (χ3n) is 3.66. The second kappa shape index (κ2) is 7.46. The number of carbonyl (C=O) groups is 1. The summed E-state index contributed by atoms with van der Waals surface area (Å²) >= 11 is 0. The highest BCUT2D eigenvalue weighted by molar-refractivity contribution is 5.97. The van der Waals surface area contributed by atoms with Gasteiger partial charge in [-0.1, -0.05) is 30.3 Å². The minimum absolute atomic E-state index is 0.109. The van der Waals surface area contributed by atoms with Crippen molar-refractivity contribution in [2.24, 2.45) is 0 Å². The van der Waals surface area contributed by atoms with Gasteiger partial charge in [-0.05, 0) is 37.3 Å². The van der Waals surface area contributed by atoms with Crippen LogP contribution in [0.25, 0.3) is 5.69 Å². The highest BCUT2D eigenvalue weighted by Gasteiger charge is 2.13. The van der Waals surface area contributed by atoms with E-state index in [2.05, 4.69) is 15.7 Å². The van der Waals surface area contributed by atoms with Crippen molar-refractivity contribution in [1.82, 2.24) is 15.1 Å². The molecule has 24 heavy (non-hydrogen) atoms. The zero-order chi connectivity index (χ0) is 16.8. The van der Waals surface area contributed by atoms with Crippen molar-refractivity contribution in [2.45, 2.75) is 13.0 Å². The number of nitrogens with zero attached hydrogens (tertiary/aromatic N) is 2. The van der Waals surface area contributed by atoms with Crippen LogP contribution in [0.3, 0.4) is 0 Å². The van der Waals surface area contributed by atoms with Crippen LogP contribution in [-0.4, -0.2) is 28.3 Å². The molecule has 0 aliphatic heterocycles. The lowest BCUT2D eigenvalue weighted by atomic mass is 10.1. The smallest absolute Gasteiger partial charge is 0.253 e. The zero-order valence-electron chi connectivity index (χ0n) is 13.5. The van der Waals surface area contributed by atoms with E-state index in [4.69, 9.17) is 0 Å². The number of nitrogens with one attached hydrogen (secondary N) is 2. The van der Waals surface area contributed by atoms with Gasteiger partial charge in [-0.25, -0.2) is 4.68 Å². The van der Waals surface area contributed by atoms with E-state index in [1.54, 1.807) is 10.9 Å². The number of para-hydroxylation sites is 2. The average molecular weight is 320 g/mol. The summed E-state index contributed by atoms with van der Waals surface area (Å²) in [6.07, 6.45) is 3.52. The molecule has 3 rings (SSSR count). The third kappa shape index (κ3) is 3.81. The molecule has 0 spiro atoms. The lowest BCUT2D eigenvalue weighted by Gasteiger charge is -2.17. The summed E-state index contributed by atoms with van der Waals surface area (Å²) in [5.74, 6) is -0.109. The molecule has 0 aliphatic carbocycles. The van der Waals surface area contributed by atoms with Gasteiger partial charge in [-0.15, -0.1) is 0 Å². The Kier molecular flexibility index (Phi) is 4.91. The first kappa shape index (κ1) is 15.8. The molecule has 3 aromatic rings. The Bertz CT molecular complexity index is 784. The Morgan fingerprint density at radius 1 is 1.08 bits per heavy atom. The van der Waals surface area contributed by atoms with Crippen LogP contribution >= 0.6 is 0 Å². The van der Waals surface area contributed by atoms with E-state index in [9.17, 15) is 4.79 Å². The first-order chi connectivity index (χ1) is 11.7. The fourth-order valence-corrected chi connectivity index (χ4v) is 2.49. The molecule has 2 aromatic carbocycles. The Labute approximate surface area is 141 Å². The minimum atomic E-state index is -0.109. The summed E-state index contributed by atoms with van der Waals surface area (Å²) in [5.41, 5.74) is 2.41. The number of benzene rings is 2. The number of hydrogen-bond donors (Lipinski definition) is 2. The summed E-state index contributed by atoms with van der Waals surface area (Å²) in [6.45, 7) is 2.56. The highest BCUT2D eigenvalue weighted by Crippen LogP contribution is 2.13. The van der Waals surface area contributed by atoms with E-state index in [0.29, 0.717) is 12.1 Å². The summed E-state index contributed by atoms with van der Waals surface area (Å²) in [7, 11) is 0. The van der Waals surface area contributed by atoms with Crippen LogP contribution in [0.1, 0.15) is 17.3 Å². The quantitative estimate of drug-likeness (QED) is 0.734. The van der Waals surface area contributed by atoms with Gasteiger partial charge < -0.3 is 10.6 Å². The number of amides is 1. The van der Waals surface area contributed by atoms with E-state index in [1.807, 2.05) is 73.8 Å². The van der Waals surface area contributed by atoms with Crippen molar-refractivity contribution in [1.29, 1.82) is 0 Å². The molecule has 5 nitrogen and oxygen atoms in total. The monoisotopic (exact) mass is 320 g/mol.